The standard InChI is InChI=1S/C16H15ClF2O/c1-10-8-11(20-2)6-7-12(10)14(17)9-13-15(18)4-3-5-16(13)19/h3-8,14H,9H2,1-2H3. The van der Waals surface area contributed by atoms with E-state index in [2.05, 4.69) is 0 Å². The van der Waals surface area contributed by atoms with Gasteiger partial charge in [0.05, 0.1) is 12.5 Å². The van der Waals surface area contributed by atoms with Gasteiger partial charge >= 0.3 is 0 Å². The summed E-state index contributed by atoms with van der Waals surface area (Å²) in [6, 6.07) is 9.28. The molecule has 0 fully saturated rings. The SMILES string of the molecule is COc1ccc(C(Cl)Cc2c(F)cccc2F)c(C)c1. The Kier molecular flexibility index (Phi) is 4.61. The number of alkyl halides is 1. The number of halogens is 3. The van der Waals surface area contributed by atoms with E-state index in [0.717, 1.165) is 16.9 Å². The molecule has 2 rings (SSSR count). The van der Waals surface area contributed by atoms with Crippen molar-refractivity contribution in [2.45, 2.75) is 18.7 Å². The third-order valence-corrected chi connectivity index (χ3v) is 3.65. The van der Waals surface area contributed by atoms with Crippen LogP contribution in [0.2, 0.25) is 0 Å². The molecule has 106 valence electrons. The van der Waals surface area contributed by atoms with Gasteiger partial charge < -0.3 is 4.74 Å². The monoisotopic (exact) mass is 296 g/mol. The molecule has 0 aliphatic heterocycles. The zero-order valence-corrected chi connectivity index (χ0v) is 12.0. The molecule has 0 amide bonds. The Labute approximate surface area is 122 Å². The van der Waals surface area contributed by atoms with Crippen LogP contribution in [0, 0.1) is 18.6 Å². The quantitative estimate of drug-likeness (QED) is 0.736. The van der Waals surface area contributed by atoms with Crippen molar-refractivity contribution in [3.05, 3.63) is 64.7 Å². The first-order valence-corrected chi connectivity index (χ1v) is 6.68. The lowest BCUT2D eigenvalue weighted by atomic mass is 9.99. The lowest BCUT2D eigenvalue weighted by Gasteiger charge is -2.15. The highest BCUT2D eigenvalue weighted by molar-refractivity contribution is 6.21. The van der Waals surface area contributed by atoms with Crippen LogP contribution in [-0.2, 0) is 6.42 Å². The largest absolute Gasteiger partial charge is 0.497 e. The molecule has 0 aliphatic rings. The Bertz CT molecular complexity index is 593. The summed E-state index contributed by atoms with van der Waals surface area (Å²) < 4.78 is 32.4. The second-order valence-electron chi connectivity index (χ2n) is 4.59. The zero-order chi connectivity index (χ0) is 14.7. The Morgan fingerprint density at radius 2 is 1.80 bits per heavy atom. The minimum absolute atomic E-state index is 0.0164. The molecule has 0 bridgehead atoms. The first-order valence-electron chi connectivity index (χ1n) is 6.24. The van der Waals surface area contributed by atoms with Crippen molar-refractivity contribution >= 4 is 11.6 Å². The highest BCUT2D eigenvalue weighted by Crippen LogP contribution is 2.31. The first-order chi connectivity index (χ1) is 9.52. The topological polar surface area (TPSA) is 9.23 Å². The molecule has 0 aromatic heterocycles. The van der Waals surface area contributed by atoms with Crippen LogP contribution in [0.3, 0.4) is 0 Å². The van der Waals surface area contributed by atoms with E-state index in [1.54, 1.807) is 13.2 Å². The molecule has 0 saturated heterocycles. The van der Waals surface area contributed by atoms with Gasteiger partial charge in [0.2, 0.25) is 0 Å². The Morgan fingerprint density at radius 1 is 1.15 bits per heavy atom. The van der Waals surface area contributed by atoms with Crippen LogP contribution in [0.1, 0.15) is 22.1 Å². The summed E-state index contributed by atoms with van der Waals surface area (Å²) in [6.45, 7) is 1.89. The van der Waals surface area contributed by atoms with Gasteiger partial charge in [-0.25, -0.2) is 8.78 Å². The van der Waals surface area contributed by atoms with Gasteiger partial charge in [-0.3, -0.25) is 0 Å². The van der Waals surface area contributed by atoms with Crippen molar-refractivity contribution in [2.75, 3.05) is 7.11 Å². The molecule has 0 aliphatic carbocycles. The lowest BCUT2D eigenvalue weighted by Crippen LogP contribution is -2.03. The molecular formula is C16H15ClF2O. The van der Waals surface area contributed by atoms with Gasteiger partial charge in [-0.2, -0.15) is 0 Å². The zero-order valence-electron chi connectivity index (χ0n) is 11.3. The Hall–Kier alpha value is -1.61. The third-order valence-electron chi connectivity index (χ3n) is 3.26. The summed E-state index contributed by atoms with van der Waals surface area (Å²) in [5.74, 6) is -0.407. The molecule has 2 aromatic rings. The van der Waals surface area contributed by atoms with E-state index in [-0.39, 0.29) is 12.0 Å². The minimum atomic E-state index is -0.568. The van der Waals surface area contributed by atoms with Crippen molar-refractivity contribution in [3.8, 4) is 5.75 Å². The van der Waals surface area contributed by atoms with E-state index in [0.29, 0.717) is 0 Å². The number of rotatable bonds is 4. The van der Waals surface area contributed by atoms with Crippen LogP contribution in [0.25, 0.3) is 0 Å². The first kappa shape index (κ1) is 14.8. The molecule has 0 heterocycles. The van der Waals surface area contributed by atoms with Crippen LogP contribution in [-0.4, -0.2) is 7.11 Å². The van der Waals surface area contributed by atoms with E-state index in [1.165, 1.54) is 18.2 Å². The summed E-state index contributed by atoms with van der Waals surface area (Å²) >= 11 is 6.31. The predicted octanol–water partition coefficient (Wildman–Crippen LogP) is 4.80. The fourth-order valence-corrected chi connectivity index (χ4v) is 2.54. The van der Waals surface area contributed by atoms with Gasteiger partial charge in [0, 0.05) is 5.56 Å². The normalized spacial score (nSPS) is 12.2. The molecule has 0 saturated carbocycles. The number of methoxy groups -OCH3 is 1. The van der Waals surface area contributed by atoms with Crippen molar-refractivity contribution in [3.63, 3.8) is 0 Å². The average Bonchev–Trinajstić information content (AvgIpc) is 2.42. The summed E-state index contributed by atoms with van der Waals surface area (Å²) in [4.78, 5) is 0. The van der Waals surface area contributed by atoms with Crippen LogP contribution >= 0.6 is 11.6 Å². The van der Waals surface area contributed by atoms with Crippen molar-refractivity contribution < 1.29 is 13.5 Å². The maximum Gasteiger partial charge on any atom is 0.129 e. The maximum atomic E-state index is 13.6. The van der Waals surface area contributed by atoms with Crippen molar-refractivity contribution in [1.29, 1.82) is 0 Å². The molecule has 1 unspecified atom stereocenters. The molecule has 0 spiro atoms. The fourth-order valence-electron chi connectivity index (χ4n) is 2.14. The van der Waals surface area contributed by atoms with Crippen molar-refractivity contribution in [2.24, 2.45) is 0 Å². The summed E-state index contributed by atoms with van der Waals surface area (Å²) in [5, 5.41) is -0.493. The Balaban J connectivity index is 2.26. The fraction of sp³-hybridized carbons (Fsp3) is 0.250. The molecule has 0 N–H and O–H groups in total. The average molecular weight is 297 g/mol. The van der Waals surface area contributed by atoms with Crippen LogP contribution < -0.4 is 4.74 Å². The summed E-state index contributed by atoms with van der Waals surface area (Å²) in [7, 11) is 1.58. The van der Waals surface area contributed by atoms with Gasteiger partial charge in [-0.1, -0.05) is 12.1 Å². The second kappa shape index (κ2) is 6.23. The van der Waals surface area contributed by atoms with E-state index in [9.17, 15) is 8.78 Å². The summed E-state index contributed by atoms with van der Waals surface area (Å²) in [6.07, 6.45) is 0.104. The van der Waals surface area contributed by atoms with E-state index >= 15 is 0 Å². The third kappa shape index (κ3) is 3.10. The van der Waals surface area contributed by atoms with Gasteiger partial charge in [0.25, 0.3) is 0 Å². The molecule has 1 nitrogen and oxygen atoms in total. The number of aryl methyl sites for hydroxylation is 1. The summed E-state index contributed by atoms with van der Waals surface area (Å²) in [5.41, 5.74) is 1.79. The number of hydrogen-bond acceptors (Lipinski definition) is 1. The van der Waals surface area contributed by atoms with Crippen LogP contribution in [0.15, 0.2) is 36.4 Å². The molecular weight excluding hydrogens is 282 g/mol. The minimum Gasteiger partial charge on any atom is -0.497 e. The van der Waals surface area contributed by atoms with Gasteiger partial charge in [-0.05, 0) is 48.7 Å². The van der Waals surface area contributed by atoms with Gasteiger partial charge in [0.1, 0.15) is 17.4 Å². The van der Waals surface area contributed by atoms with E-state index in [4.69, 9.17) is 16.3 Å². The maximum absolute atomic E-state index is 13.6. The molecule has 20 heavy (non-hydrogen) atoms. The van der Waals surface area contributed by atoms with Crippen LogP contribution in [0.5, 0.6) is 5.75 Å². The van der Waals surface area contributed by atoms with Gasteiger partial charge in [-0.15, -0.1) is 11.6 Å². The lowest BCUT2D eigenvalue weighted by molar-refractivity contribution is 0.414. The van der Waals surface area contributed by atoms with E-state index in [1.807, 2.05) is 19.1 Å². The molecule has 1 atom stereocenters. The molecule has 2 aromatic carbocycles. The molecule has 4 heteroatoms. The van der Waals surface area contributed by atoms with Crippen LogP contribution in [0.4, 0.5) is 8.78 Å². The smallest absolute Gasteiger partial charge is 0.129 e. The second-order valence-corrected chi connectivity index (χ2v) is 5.12. The Morgan fingerprint density at radius 3 is 2.35 bits per heavy atom. The number of ether oxygens (including phenoxy) is 1. The highest BCUT2D eigenvalue weighted by atomic mass is 35.5. The van der Waals surface area contributed by atoms with E-state index < -0.39 is 17.0 Å². The highest BCUT2D eigenvalue weighted by Gasteiger charge is 2.17. The number of benzene rings is 2. The van der Waals surface area contributed by atoms with Gasteiger partial charge in [0.15, 0.2) is 0 Å². The van der Waals surface area contributed by atoms with Crippen molar-refractivity contribution in [1.82, 2.24) is 0 Å². The molecule has 0 radical (unpaired) electrons. The number of hydrogen-bond donors (Lipinski definition) is 0. The predicted molar refractivity (Wildman–Crippen MR) is 76.4 cm³/mol.